The molecule has 4 heterocycles. The number of halogens is 2. The molecule has 2 aromatic carbocycles. The Morgan fingerprint density at radius 3 is 2.50 bits per heavy atom. The molecule has 38 heavy (non-hydrogen) atoms. The molecule has 9 nitrogen and oxygen atoms in total. The Morgan fingerprint density at radius 1 is 1.03 bits per heavy atom. The minimum absolute atomic E-state index is 0.272. The van der Waals surface area contributed by atoms with E-state index in [1.54, 1.807) is 6.07 Å². The maximum Gasteiger partial charge on any atom is 0.228 e. The van der Waals surface area contributed by atoms with Crippen LogP contribution in [0.1, 0.15) is 26.3 Å². The third kappa shape index (κ3) is 4.54. The second kappa shape index (κ2) is 10.6. The molecule has 2 saturated heterocycles. The smallest absolute Gasteiger partial charge is 0.228 e. The molecule has 2 fully saturated rings. The number of rotatable bonds is 4. The first kappa shape index (κ1) is 26.5. The van der Waals surface area contributed by atoms with Crippen molar-refractivity contribution in [1.29, 1.82) is 0 Å². The topological polar surface area (TPSA) is 89.1 Å². The molecule has 0 radical (unpaired) electrons. The van der Waals surface area contributed by atoms with Crippen molar-refractivity contribution < 1.29 is 4.39 Å². The van der Waals surface area contributed by atoms with Crippen LogP contribution in [-0.2, 0) is 0 Å². The Labute approximate surface area is 227 Å². The summed E-state index contributed by atoms with van der Waals surface area (Å²) in [6.07, 6.45) is 0. The minimum Gasteiger partial charge on any atom is -0.353 e. The van der Waals surface area contributed by atoms with E-state index in [0.717, 1.165) is 44.1 Å². The molecular formula is C27H35ClFN9. The maximum atomic E-state index is 16.5. The maximum absolute atomic E-state index is 16.5. The Balaban J connectivity index is 0.00000144. The standard InChI is InChI=1S/C25H29ClFN9.C2H6/c1-13-5-6-18-23(32-33-31-18)19(13)20-17(26)9-16-22(21(20)27)29-25(36-11-15(12-36)34(3)4)30-24(16)35-8-7-28-14(2)10-35;1-2/h5-6,9,14-15,28H,7-8,10-12H2,1-4H3,(H,31,32,33);1-2H3. The quantitative estimate of drug-likeness (QED) is 0.398. The predicted molar refractivity (Wildman–Crippen MR) is 153 cm³/mol. The van der Waals surface area contributed by atoms with E-state index in [2.05, 4.69) is 56.4 Å². The van der Waals surface area contributed by atoms with Gasteiger partial charge in [-0.1, -0.05) is 31.5 Å². The Bertz CT molecular complexity index is 1460. The van der Waals surface area contributed by atoms with Crippen LogP contribution >= 0.6 is 11.6 Å². The zero-order chi connectivity index (χ0) is 27.1. The number of fused-ring (bicyclic) bond motifs is 2. The molecule has 0 aliphatic carbocycles. The number of hydrogen-bond acceptors (Lipinski definition) is 8. The van der Waals surface area contributed by atoms with Gasteiger partial charge in [-0.2, -0.15) is 20.4 Å². The van der Waals surface area contributed by atoms with Gasteiger partial charge < -0.3 is 20.0 Å². The average molecular weight is 540 g/mol. The molecule has 6 rings (SSSR count). The molecule has 2 aromatic heterocycles. The molecule has 1 atom stereocenters. The highest BCUT2D eigenvalue weighted by Gasteiger charge is 2.33. The summed E-state index contributed by atoms with van der Waals surface area (Å²) in [6, 6.07) is 6.28. The molecule has 202 valence electrons. The van der Waals surface area contributed by atoms with Crippen LogP contribution in [0.4, 0.5) is 16.2 Å². The van der Waals surface area contributed by atoms with E-state index in [-0.39, 0.29) is 5.52 Å². The first-order chi connectivity index (χ1) is 18.3. The van der Waals surface area contributed by atoms with Gasteiger partial charge in [0.2, 0.25) is 5.95 Å². The van der Waals surface area contributed by atoms with Crippen molar-refractivity contribution in [1.82, 2.24) is 35.6 Å². The van der Waals surface area contributed by atoms with Crippen molar-refractivity contribution >= 4 is 45.3 Å². The average Bonchev–Trinajstić information content (AvgIpc) is 3.34. The van der Waals surface area contributed by atoms with Gasteiger partial charge in [0.1, 0.15) is 22.4 Å². The zero-order valence-electron chi connectivity index (χ0n) is 22.8. The Hall–Kier alpha value is -3.08. The molecule has 0 saturated carbocycles. The molecule has 2 aliphatic heterocycles. The number of nitrogens with zero attached hydrogens (tertiary/aromatic N) is 7. The van der Waals surface area contributed by atoms with E-state index in [9.17, 15) is 0 Å². The van der Waals surface area contributed by atoms with Crippen molar-refractivity contribution in [3.8, 4) is 11.1 Å². The van der Waals surface area contributed by atoms with Gasteiger partial charge in [0.25, 0.3) is 0 Å². The van der Waals surface area contributed by atoms with Gasteiger partial charge in [-0.25, -0.2) is 9.37 Å². The van der Waals surface area contributed by atoms with Crippen molar-refractivity contribution in [3.05, 3.63) is 34.6 Å². The molecule has 1 unspecified atom stereocenters. The first-order valence-electron chi connectivity index (χ1n) is 13.2. The summed E-state index contributed by atoms with van der Waals surface area (Å²) in [5, 5.41) is 15.5. The highest BCUT2D eigenvalue weighted by molar-refractivity contribution is 6.35. The van der Waals surface area contributed by atoms with E-state index in [1.807, 2.05) is 32.9 Å². The lowest BCUT2D eigenvalue weighted by molar-refractivity contribution is 0.245. The summed E-state index contributed by atoms with van der Waals surface area (Å²) in [5.74, 6) is 0.805. The molecule has 0 amide bonds. The van der Waals surface area contributed by atoms with Gasteiger partial charge >= 0.3 is 0 Å². The van der Waals surface area contributed by atoms with Gasteiger partial charge in [-0.05, 0) is 45.6 Å². The second-order valence-electron chi connectivity index (χ2n) is 10.1. The molecule has 0 bridgehead atoms. The van der Waals surface area contributed by atoms with Crippen LogP contribution in [0.15, 0.2) is 18.2 Å². The second-order valence-corrected chi connectivity index (χ2v) is 10.5. The summed E-state index contributed by atoms with van der Waals surface area (Å²) in [6.45, 7) is 12.0. The van der Waals surface area contributed by atoms with Gasteiger partial charge in [0, 0.05) is 61.3 Å². The molecule has 11 heteroatoms. The van der Waals surface area contributed by atoms with Crippen molar-refractivity contribution in [2.45, 2.75) is 39.8 Å². The monoisotopic (exact) mass is 539 g/mol. The van der Waals surface area contributed by atoms with Gasteiger partial charge in [0.15, 0.2) is 5.82 Å². The van der Waals surface area contributed by atoms with E-state index >= 15 is 4.39 Å². The summed E-state index contributed by atoms with van der Waals surface area (Å²) >= 11 is 6.82. The molecule has 2 N–H and O–H groups in total. The SMILES string of the molecule is CC.Cc1ccc2n[nH]nc2c1-c1c(Cl)cc2c(N3CCNC(C)C3)nc(N3CC(N(C)C)C3)nc2c1F. The number of piperazine rings is 1. The highest BCUT2D eigenvalue weighted by Crippen LogP contribution is 2.42. The summed E-state index contributed by atoms with van der Waals surface area (Å²) in [4.78, 5) is 16.2. The van der Waals surface area contributed by atoms with E-state index in [0.29, 0.717) is 50.6 Å². The van der Waals surface area contributed by atoms with Crippen molar-refractivity contribution in [2.24, 2.45) is 0 Å². The number of benzene rings is 2. The zero-order valence-corrected chi connectivity index (χ0v) is 23.6. The molecule has 4 aromatic rings. The third-order valence-electron chi connectivity index (χ3n) is 7.34. The summed E-state index contributed by atoms with van der Waals surface area (Å²) in [5.41, 5.74) is 3.28. The number of anilines is 2. The number of likely N-dealkylation sites (N-methyl/N-ethyl adjacent to an activating group) is 1. The number of hydrogen-bond donors (Lipinski definition) is 2. The fraction of sp³-hybridized carbons (Fsp3) is 0.481. The Kier molecular flexibility index (Phi) is 7.39. The number of aromatic amines is 1. The van der Waals surface area contributed by atoms with Crippen LogP contribution in [0.5, 0.6) is 0 Å². The molecule has 0 spiro atoms. The van der Waals surface area contributed by atoms with Crippen molar-refractivity contribution in [3.63, 3.8) is 0 Å². The number of aromatic nitrogens is 5. The largest absolute Gasteiger partial charge is 0.353 e. The lowest BCUT2D eigenvalue weighted by atomic mass is 9.96. The minimum atomic E-state index is -0.464. The highest BCUT2D eigenvalue weighted by atomic mass is 35.5. The van der Waals surface area contributed by atoms with Crippen LogP contribution < -0.4 is 15.1 Å². The van der Waals surface area contributed by atoms with Crippen molar-refractivity contribution in [2.75, 3.05) is 56.6 Å². The van der Waals surface area contributed by atoms with E-state index < -0.39 is 5.82 Å². The lowest BCUT2D eigenvalue weighted by Crippen LogP contribution is -2.58. The lowest BCUT2D eigenvalue weighted by Gasteiger charge is -2.43. The van der Waals surface area contributed by atoms with Crippen LogP contribution in [0.2, 0.25) is 5.02 Å². The number of nitrogens with one attached hydrogen (secondary N) is 2. The van der Waals surface area contributed by atoms with Crippen LogP contribution in [-0.4, -0.2) is 89.2 Å². The van der Waals surface area contributed by atoms with Gasteiger partial charge in [-0.15, -0.1) is 0 Å². The normalized spacial score (nSPS) is 18.2. The summed E-state index contributed by atoms with van der Waals surface area (Å²) in [7, 11) is 4.13. The number of aryl methyl sites for hydroxylation is 1. The van der Waals surface area contributed by atoms with Crippen LogP contribution in [0.3, 0.4) is 0 Å². The predicted octanol–water partition coefficient (Wildman–Crippen LogP) is 4.24. The fourth-order valence-electron chi connectivity index (χ4n) is 5.18. The Morgan fingerprint density at radius 2 is 1.79 bits per heavy atom. The fourth-order valence-corrected chi connectivity index (χ4v) is 5.47. The number of H-pyrrole nitrogens is 1. The summed E-state index contributed by atoms with van der Waals surface area (Å²) < 4.78 is 16.5. The van der Waals surface area contributed by atoms with Crippen LogP contribution in [0, 0.1) is 12.7 Å². The molecular weight excluding hydrogens is 505 g/mol. The third-order valence-corrected chi connectivity index (χ3v) is 7.64. The molecule has 2 aliphatic rings. The van der Waals surface area contributed by atoms with Gasteiger partial charge in [-0.3, -0.25) is 0 Å². The van der Waals surface area contributed by atoms with E-state index in [1.165, 1.54) is 0 Å². The van der Waals surface area contributed by atoms with Crippen LogP contribution in [0.25, 0.3) is 33.1 Å². The van der Waals surface area contributed by atoms with Gasteiger partial charge in [0.05, 0.1) is 5.02 Å². The first-order valence-corrected chi connectivity index (χ1v) is 13.6. The van der Waals surface area contributed by atoms with E-state index in [4.69, 9.17) is 21.6 Å².